The molecule has 4 rings (SSSR count). The van der Waals surface area contributed by atoms with Gasteiger partial charge in [-0.2, -0.15) is 13.2 Å². The topological polar surface area (TPSA) is 69.8 Å². The largest absolute Gasteiger partial charge is 0.416 e. The van der Waals surface area contributed by atoms with E-state index in [0.29, 0.717) is 28.0 Å². The number of hydrogen-bond donors (Lipinski definition) is 3. The van der Waals surface area contributed by atoms with Crippen molar-refractivity contribution in [2.45, 2.75) is 25.1 Å². The summed E-state index contributed by atoms with van der Waals surface area (Å²) in [5.74, 6) is 0.0720. The molecule has 28 heavy (non-hydrogen) atoms. The maximum atomic E-state index is 13.0. The summed E-state index contributed by atoms with van der Waals surface area (Å²) in [7, 11) is 0. The van der Waals surface area contributed by atoms with Crippen LogP contribution in [-0.4, -0.2) is 35.0 Å². The lowest BCUT2D eigenvalue weighted by molar-refractivity contribution is -0.137. The van der Waals surface area contributed by atoms with Gasteiger partial charge in [0.25, 0.3) is 5.91 Å². The Morgan fingerprint density at radius 3 is 2.61 bits per heavy atom. The van der Waals surface area contributed by atoms with Gasteiger partial charge >= 0.3 is 6.18 Å². The first-order valence-corrected chi connectivity index (χ1v) is 9.10. The lowest BCUT2D eigenvalue weighted by Gasteiger charge is -2.23. The number of aromatic amines is 1. The molecule has 0 unspecified atom stereocenters. The quantitative estimate of drug-likeness (QED) is 0.640. The van der Waals surface area contributed by atoms with Crippen LogP contribution in [-0.2, 0) is 6.18 Å². The van der Waals surface area contributed by atoms with Crippen LogP contribution in [0.1, 0.15) is 28.8 Å². The van der Waals surface area contributed by atoms with Crippen LogP contribution >= 0.6 is 0 Å². The number of nitrogens with one attached hydrogen (secondary N) is 3. The number of benzene rings is 2. The fourth-order valence-electron chi connectivity index (χ4n) is 3.42. The Bertz CT molecular complexity index is 1010. The molecule has 0 aliphatic carbocycles. The zero-order chi connectivity index (χ0) is 19.7. The minimum atomic E-state index is -4.43. The Labute approximate surface area is 159 Å². The van der Waals surface area contributed by atoms with Crippen LogP contribution < -0.4 is 10.6 Å². The molecule has 1 saturated heterocycles. The van der Waals surface area contributed by atoms with Gasteiger partial charge in [0.1, 0.15) is 11.3 Å². The number of imidazole rings is 1. The summed E-state index contributed by atoms with van der Waals surface area (Å²) in [6.07, 6.45) is -2.71. The van der Waals surface area contributed by atoms with Crippen molar-refractivity contribution in [3.8, 4) is 11.4 Å². The molecule has 146 valence electrons. The summed E-state index contributed by atoms with van der Waals surface area (Å²) in [4.78, 5) is 20.2. The minimum Gasteiger partial charge on any atom is -0.349 e. The zero-order valence-corrected chi connectivity index (χ0v) is 14.9. The average Bonchev–Trinajstić information content (AvgIpc) is 3.12. The number of para-hydroxylation sites is 1. The van der Waals surface area contributed by atoms with Crippen molar-refractivity contribution in [1.82, 2.24) is 20.6 Å². The number of nitrogens with zero attached hydrogens (tertiary/aromatic N) is 1. The highest BCUT2D eigenvalue weighted by molar-refractivity contribution is 6.05. The van der Waals surface area contributed by atoms with E-state index in [1.807, 2.05) is 0 Å². The first-order valence-electron chi connectivity index (χ1n) is 9.10. The fourth-order valence-corrected chi connectivity index (χ4v) is 3.42. The maximum absolute atomic E-state index is 13.0. The van der Waals surface area contributed by atoms with Crippen LogP contribution in [0.25, 0.3) is 22.4 Å². The van der Waals surface area contributed by atoms with Gasteiger partial charge in [-0.15, -0.1) is 0 Å². The van der Waals surface area contributed by atoms with Gasteiger partial charge in [0.2, 0.25) is 0 Å². The van der Waals surface area contributed by atoms with Gasteiger partial charge in [0.05, 0.1) is 16.6 Å². The molecule has 0 bridgehead atoms. The molecule has 1 aromatic heterocycles. The van der Waals surface area contributed by atoms with Crippen molar-refractivity contribution < 1.29 is 18.0 Å². The standard InChI is InChI=1S/C20H19F3N4O/c21-20(22,23)13-4-1-3-12(11-13)18-26-16-6-2-5-15(17(16)27-18)19(28)25-14-7-9-24-10-8-14/h1-6,11,14,24H,7-10H2,(H,25,28)(H,26,27). The number of amides is 1. The average molecular weight is 388 g/mol. The Morgan fingerprint density at radius 1 is 1.11 bits per heavy atom. The minimum absolute atomic E-state index is 0.103. The third-order valence-electron chi connectivity index (χ3n) is 4.90. The summed E-state index contributed by atoms with van der Waals surface area (Å²) in [5.41, 5.74) is 1.03. The van der Waals surface area contributed by atoms with Crippen molar-refractivity contribution in [2.75, 3.05) is 13.1 Å². The van der Waals surface area contributed by atoms with Crippen LogP contribution in [0.15, 0.2) is 42.5 Å². The summed E-state index contributed by atoms with van der Waals surface area (Å²) in [5, 5.41) is 6.27. The van der Waals surface area contributed by atoms with E-state index in [-0.39, 0.29) is 11.9 Å². The first-order chi connectivity index (χ1) is 13.4. The Hall–Kier alpha value is -2.87. The highest BCUT2D eigenvalue weighted by atomic mass is 19.4. The molecular formula is C20H19F3N4O. The van der Waals surface area contributed by atoms with E-state index in [9.17, 15) is 18.0 Å². The van der Waals surface area contributed by atoms with Gasteiger partial charge in [-0.1, -0.05) is 18.2 Å². The smallest absolute Gasteiger partial charge is 0.349 e. The van der Waals surface area contributed by atoms with Gasteiger partial charge in [-0.25, -0.2) is 4.98 Å². The highest BCUT2D eigenvalue weighted by Crippen LogP contribution is 2.32. The van der Waals surface area contributed by atoms with Gasteiger partial charge in [0.15, 0.2) is 0 Å². The van der Waals surface area contributed by atoms with Gasteiger partial charge in [-0.3, -0.25) is 4.79 Å². The third kappa shape index (κ3) is 3.73. The second-order valence-corrected chi connectivity index (χ2v) is 6.86. The number of H-pyrrole nitrogens is 1. The van der Waals surface area contributed by atoms with E-state index in [1.165, 1.54) is 6.07 Å². The highest BCUT2D eigenvalue weighted by Gasteiger charge is 2.30. The van der Waals surface area contributed by atoms with E-state index < -0.39 is 11.7 Å². The molecule has 1 aliphatic rings. The van der Waals surface area contributed by atoms with Crippen LogP contribution in [0, 0.1) is 0 Å². The Morgan fingerprint density at radius 2 is 1.86 bits per heavy atom. The first kappa shape index (κ1) is 18.5. The van der Waals surface area contributed by atoms with E-state index in [0.717, 1.165) is 38.1 Å². The molecule has 8 heteroatoms. The molecule has 3 N–H and O–H groups in total. The Kier molecular flexibility index (Phi) is 4.80. The lowest BCUT2D eigenvalue weighted by Crippen LogP contribution is -2.42. The summed E-state index contributed by atoms with van der Waals surface area (Å²) < 4.78 is 39.0. The molecule has 5 nitrogen and oxygen atoms in total. The van der Waals surface area contributed by atoms with Gasteiger partial charge in [0, 0.05) is 11.6 Å². The van der Waals surface area contributed by atoms with Gasteiger partial charge in [-0.05, 0) is 50.2 Å². The molecule has 0 atom stereocenters. The third-order valence-corrected chi connectivity index (χ3v) is 4.90. The molecule has 1 amide bonds. The van der Waals surface area contributed by atoms with Crippen LogP contribution in [0.2, 0.25) is 0 Å². The van der Waals surface area contributed by atoms with Crippen molar-refractivity contribution in [2.24, 2.45) is 0 Å². The maximum Gasteiger partial charge on any atom is 0.416 e. The van der Waals surface area contributed by atoms with Gasteiger partial charge < -0.3 is 15.6 Å². The molecule has 1 fully saturated rings. The number of piperidine rings is 1. The number of rotatable bonds is 3. The molecule has 0 spiro atoms. The number of carbonyl (C=O) groups is 1. The monoisotopic (exact) mass is 388 g/mol. The van der Waals surface area contributed by atoms with Crippen LogP contribution in [0.3, 0.4) is 0 Å². The van der Waals surface area contributed by atoms with Crippen LogP contribution in [0.4, 0.5) is 13.2 Å². The zero-order valence-electron chi connectivity index (χ0n) is 14.9. The normalized spacial score (nSPS) is 15.7. The van der Waals surface area contributed by atoms with E-state index in [4.69, 9.17) is 0 Å². The number of hydrogen-bond acceptors (Lipinski definition) is 3. The number of carbonyl (C=O) groups excluding carboxylic acids is 1. The lowest BCUT2D eigenvalue weighted by atomic mass is 10.1. The van der Waals surface area contributed by atoms with Crippen molar-refractivity contribution in [1.29, 1.82) is 0 Å². The molecular weight excluding hydrogens is 369 g/mol. The van der Waals surface area contributed by atoms with E-state index in [1.54, 1.807) is 24.3 Å². The number of aromatic nitrogens is 2. The second kappa shape index (κ2) is 7.27. The fraction of sp³-hybridized carbons (Fsp3) is 0.300. The SMILES string of the molecule is O=C(NC1CCNCC1)c1cccc2[nH]c(-c3cccc(C(F)(F)F)c3)nc12. The van der Waals surface area contributed by atoms with Crippen molar-refractivity contribution >= 4 is 16.9 Å². The number of alkyl halides is 3. The number of halogens is 3. The number of fused-ring (bicyclic) bond motifs is 1. The molecule has 2 heterocycles. The predicted molar refractivity (Wildman–Crippen MR) is 99.9 cm³/mol. The van der Waals surface area contributed by atoms with E-state index in [2.05, 4.69) is 20.6 Å². The van der Waals surface area contributed by atoms with Crippen molar-refractivity contribution in [3.63, 3.8) is 0 Å². The second-order valence-electron chi connectivity index (χ2n) is 6.86. The molecule has 0 saturated carbocycles. The molecule has 0 radical (unpaired) electrons. The van der Waals surface area contributed by atoms with E-state index >= 15 is 0 Å². The molecule has 2 aromatic carbocycles. The van der Waals surface area contributed by atoms with Crippen LogP contribution in [0.5, 0.6) is 0 Å². The summed E-state index contributed by atoms with van der Waals surface area (Å²) >= 11 is 0. The summed E-state index contributed by atoms with van der Waals surface area (Å²) in [6.45, 7) is 1.72. The Balaban J connectivity index is 1.66. The summed E-state index contributed by atoms with van der Waals surface area (Å²) in [6, 6.07) is 10.2. The predicted octanol–water partition coefficient (Wildman–Crippen LogP) is 3.73. The van der Waals surface area contributed by atoms with Crippen molar-refractivity contribution in [3.05, 3.63) is 53.6 Å². The molecule has 3 aromatic rings. The molecule has 1 aliphatic heterocycles.